The van der Waals surface area contributed by atoms with Gasteiger partial charge in [-0.1, -0.05) is 0 Å². The van der Waals surface area contributed by atoms with Crippen LogP contribution in [-0.2, 0) is 4.79 Å². The summed E-state index contributed by atoms with van der Waals surface area (Å²) in [6.45, 7) is 0. The highest BCUT2D eigenvalue weighted by molar-refractivity contribution is 5.85. The molecule has 5 aliphatic carbocycles. The number of carbonyl (C=O) groups excluding carboxylic acids is 1. The van der Waals surface area contributed by atoms with Crippen LogP contribution in [0, 0.1) is 28.6 Å². The Balaban J connectivity index is 1.53. The maximum atomic E-state index is 13.8. The van der Waals surface area contributed by atoms with Crippen molar-refractivity contribution >= 4 is 5.78 Å². The minimum Gasteiger partial charge on any atom is -0.328 e. The van der Waals surface area contributed by atoms with Crippen molar-refractivity contribution < 1.29 is 18.0 Å². The van der Waals surface area contributed by atoms with Gasteiger partial charge in [0.1, 0.15) is 5.78 Å². The van der Waals surface area contributed by atoms with Crippen LogP contribution >= 0.6 is 0 Å². The van der Waals surface area contributed by atoms with Gasteiger partial charge in [-0.25, -0.2) is 0 Å². The zero-order valence-electron chi connectivity index (χ0n) is 14.2. The first-order valence-corrected chi connectivity index (χ1v) is 9.57. The zero-order chi connectivity index (χ0) is 17.2. The molecular formula is C19H28F3NO. The molecule has 5 rings (SSSR count). The van der Waals surface area contributed by atoms with Crippen LogP contribution in [0.25, 0.3) is 0 Å². The van der Waals surface area contributed by atoms with Crippen molar-refractivity contribution in [3.63, 3.8) is 0 Å². The topological polar surface area (TPSA) is 43.1 Å². The molecule has 0 aromatic heterocycles. The second-order valence-corrected chi connectivity index (χ2v) is 9.43. The van der Waals surface area contributed by atoms with Crippen molar-refractivity contribution in [2.24, 2.45) is 34.3 Å². The van der Waals surface area contributed by atoms with Crippen LogP contribution in [0.15, 0.2) is 0 Å². The molecule has 136 valence electrons. The molecule has 5 aliphatic rings. The lowest BCUT2D eigenvalue weighted by Crippen LogP contribution is -2.59. The summed E-state index contributed by atoms with van der Waals surface area (Å²) in [5.74, 6) is 0.700. The molecule has 0 aromatic carbocycles. The summed E-state index contributed by atoms with van der Waals surface area (Å²) in [6, 6.07) is 0.240. The average molecular weight is 343 g/mol. The molecule has 24 heavy (non-hydrogen) atoms. The van der Waals surface area contributed by atoms with E-state index in [1.807, 2.05) is 0 Å². The Hall–Kier alpha value is -0.580. The highest BCUT2D eigenvalue weighted by Crippen LogP contribution is 2.69. The minimum atomic E-state index is -4.16. The van der Waals surface area contributed by atoms with Crippen LogP contribution in [-0.4, -0.2) is 18.0 Å². The van der Waals surface area contributed by atoms with Crippen LogP contribution < -0.4 is 5.73 Å². The van der Waals surface area contributed by atoms with Gasteiger partial charge in [0.05, 0.1) is 5.41 Å². The van der Waals surface area contributed by atoms with Gasteiger partial charge in [-0.15, -0.1) is 0 Å². The summed E-state index contributed by atoms with van der Waals surface area (Å²) in [6.07, 6.45) is 3.08. The first-order chi connectivity index (χ1) is 11.2. The Bertz CT molecular complexity index is 507. The number of nitrogens with two attached hydrogens (primary N) is 1. The summed E-state index contributed by atoms with van der Waals surface area (Å²) >= 11 is 0. The largest absolute Gasteiger partial charge is 0.394 e. The number of hydrogen-bond acceptors (Lipinski definition) is 2. The summed E-state index contributed by atoms with van der Waals surface area (Å²) in [7, 11) is 0. The standard InChI is InChI=1S/C19H28F3NO/c20-19(21,22)18-9-13-5-14(10-18)8-17(7-13,11-18)16(24)6-12-1-3-15(23)4-2-12/h12-15H,1-11,23H2. The van der Waals surface area contributed by atoms with Crippen molar-refractivity contribution in [1.29, 1.82) is 0 Å². The van der Waals surface area contributed by atoms with Gasteiger partial charge in [0.15, 0.2) is 0 Å². The molecule has 2 N–H and O–H groups in total. The number of Topliss-reactive ketones (excluding diaryl/α,β-unsaturated/α-hetero) is 1. The molecule has 2 unspecified atom stereocenters. The molecular weight excluding hydrogens is 315 g/mol. The Labute approximate surface area is 141 Å². The van der Waals surface area contributed by atoms with Gasteiger partial charge in [0, 0.05) is 17.9 Å². The molecule has 0 saturated heterocycles. The summed E-state index contributed by atoms with van der Waals surface area (Å²) < 4.78 is 41.4. The van der Waals surface area contributed by atoms with Gasteiger partial charge in [0.25, 0.3) is 0 Å². The van der Waals surface area contributed by atoms with Crippen molar-refractivity contribution in [2.75, 3.05) is 0 Å². The van der Waals surface area contributed by atoms with Gasteiger partial charge in [0.2, 0.25) is 0 Å². The van der Waals surface area contributed by atoms with Gasteiger partial charge in [-0.2, -0.15) is 13.2 Å². The highest BCUT2D eigenvalue weighted by atomic mass is 19.4. The second kappa shape index (κ2) is 5.46. The van der Waals surface area contributed by atoms with Gasteiger partial charge in [-0.05, 0) is 82.0 Å². The van der Waals surface area contributed by atoms with Crippen LogP contribution in [0.3, 0.4) is 0 Å². The lowest BCUT2D eigenvalue weighted by atomic mass is 9.42. The monoisotopic (exact) mass is 343 g/mol. The van der Waals surface area contributed by atoms with Crippen LogP contribution in [0.5, 0.6) is 0 Å². The van der Waals surface area contributed by atoms with Crippen molar-refractivity contribution in [3.8, 4) is 0 Å². The summed E-state index contributed by atoms with van der Waals surface area (Å²) in [5.41, 5.74) is 3.69. The quantitative estimate of drug-likeness (QED) is 0.813. The summed E-state index contributed by atoms with van der Waals surface area (Å²) in [5, 5.41) is 0. The second-order valence-electron chi connectivity index (χ2n) is 9.43. The zero-order valence-corrected chi connectivity index (χ0v) is 14.2. The van der Waals surface area contributed by atoms with Crippen molar-refractivity contribution in [2.45, 2.75) is 82.8 Å². The average Bonchev–Trinajstić information content (AvgIpc) is 2.47. The van der Waals surface area contributed by atoms with E-state index in [2.05, 4.69) is 0 Å². The Morgan fingerprint density at radius 2 is 1.58 bits per heavy atom. The van der Waals surface area contributed by atoms with Gasteiger partial charge < -0.3 is 5.73 Å². The lowest BCUT2D eigenvalue weighted by molar-refractivity contribution is -0.283. The van der Waals surface area contributed by atoms with E-state index < -0.39 is 17.0 Å². The summed E-state index contributed by atoms with van der Waals surface area (Å²) in [4.78, 5) is 13.1. The van der Waals surface area contributed by atoms with Gasteiger partial charge in [-0.3, -0.25) is 4.79 Å². The SMILES string of the molecule is NC1CCC(CC(=O)C23CC4CC(C2)CC(C(F)(F)F)(C4)C3)CC1. The third-order valence-corrected chi connectivity index (χ3v) is 7.62. The van der Waals surface area contributed by atoms with E-state index in [1.54, 1.807) is 0 Å². The fraction of sp³-hybridized carbons (Fsp3) is 0.947. The smallest absolute Gasteiger partial charge is 0.328 e. The molecule has 2 atom stereocenters. The van der Waals surface area contributed by atoms with Crippen LogP contribution in [0.2, 0.25) is 0 Å². The van der Waals surface area contributed by atoms with Crippen molar-refractivity contribution in [1.82, 2.24) is 0 Å². The third kappa shape index (κ3) is 2.62. The molecule has 4 bridgehead atoms. The van der Waals surface area contributed by atoms with Crippen molar-refractivity contribution in [3.05, 3.63) is 0 Å². The molecule has 0 aromatic rings. The molecule has 0 aliphatic heterocycles. The molecule has 5 saturated carbocycles. The number of ketones is 1. The molecule has 0 heterocycles. The maximum Gasteiger partial charge on any atom is 0.394 e. The molecule has 0 spiro atoms. The fourth-order valence-corrected chi connectivity index (χ4v) is 6.79. The van der Waals surface area contributed by atoms with E-state index in [0.29, 0.717) is 25.2 Å². The van der Waals surface area contributed by atoms with E-state index in [0.717, 1.165) is 32.1 Å². The molecule has 5 fully saturated rings. The number of carbonyl (C=O) groups is 1. The number of rotatable bonds is 3. The first-order valence-electron chi connectivity index (χ1n) is 9.57. The molecule has 0 radical (unpaired) electrons. The molecule has 5 heteroatoms. The molecule has 0 amide bonds. The van der Waals surface area contributed by atoms with E-state index >= 15 is 0 Å². The Morgan fingerprint density at radius 3 is 2.12 bits per heavy atom. The molecule has 2 nitrogen and oxygen atoms in total. The van der Waals surface area contributed by atoms with E-state index in [4.69, 9.17) is 5.73 Å². The predicted octanol–water partition coefficient (Wildman–Crippen LogP) is 4.61. The number of halogens is 3. The lowest BCUT2D eigenvalue weighted by Gasteiger charge is -2.61. The number of hydrogen-bond donors (Lipinski definition) is 1. The normalized spacial score (nSPS) is 47.8. The fourth-order valence-electron chi connectivity index (χ4n) is 6.79. The van der Waals surface area contributed by atoms with Crippen LogP contribution in [0.4, 0.5) is 13.2 Å². The first kappa shape index (κ1) is 16.9. The highest BCUT2D eigenvalue weighted by Gasteiger charge is 2.68. The van der Waals surface area contributed by atoms with E-state index in [-0.39, 0.29) is 42.9 Å². The Kier molecular flexibility index (Phi) is 3.83. The maximum absolute atomic E-state index is 13.8. The number of alkyl halides is 3. The predicted molar refractivity (Wildman–Crippen MR) is 85.2 cm³/mol. The van der Waals surface area contributed by atoms with Gasteiger partial charge >= 0.3 is 6.18 Å². The van der Waals surface area contributed by atoms with Crippen LogP contribution in [0.1, 0.15) is 70.6 Å². The minimum absolute atomic E-state index is 0.0710. The third-order valence-electron chi connectivity index (χ3n) is 7.62. The Morgan fingerprint density at radius 1 is 1.00 bits per heavy atom. The van der Waals surface area contributed by atoms with E-state index in [9.17, 15) is 18.0 Å². The van der Waals surface area contributed by atoms with E-state index in [1.165, 1.54) is 0 Å².